The maximum Gasteiger partial charge on any atom is 0.397 e. The van der Waals surface area contributed by atoms with Crippen molar-refractivity contribution in [2.75, 3.05) is 13.2 Å². The first-order chi connectivity index (χ1) is 30.5. The lowest BCUT2D eigenvalue weighted by atomic mass is 9.99. The Labute approximate surface area is 384 Å². The molecule has 0 spiro atoms. The van der Waals surface area contributed by atoms with Gasteiger partial charge in [-0.1, -0.05) is 212 Å². The first-order valence-electron chi connectivity index (χ1n) is 25.7. The second-order valence-electron chi connectivity index (χ2n) is 18.1. The Bertz CT molecular complexity index is 1220. The van der Waals surface area contributed by atoms with Gasteiger partial charge in [0.2, 0.25) is 5.91 Å². The van der Waals surface area contributed by atoms with Gasteiger partial charge in [0.25, 0.3) is 0 Å². The fraction of sp³-hybridized carbons (Fsp3) is 0.900. The number of hydrogen-bond donors (Lipinski definition) is 6. The first-order valence-corrected chi connectivity index (χ1v) is 27.1. The minimum atomic E-state index is -5.08. The molecule has 13 heteroatoms. The predicted octanol–water partition coefficient (Wildman–Crippen LogP) is 10.9. The number of hydrogen-bond acceptors (Lipinski definition) is 10. The van der Waals surface area contributed by atoms with E-state index in [1.807, 2.05) is 0 Å². The fourth-order valence-corrected chi connectivity index (χ4v) is 8.78. The molecule has 7 atom stereocenters. The third-order valence-electron chi connectivity index (χ3n) is 12.3. The number of aliphatic hydroxyl groups excluding tert-OH is 4. The average Bonchev–Trinajstić information content (AvgIpc) is 3.25. The second kappa shape index (κ2) is 40.8. The highest BCUT2D eigenvalue weighted by Gasteiger charge is 2.48. The summed E-state index contributed by atoms with van der Waals surface area (Å²) in [6, 6.07) is -0.863. The van der Waals surface area contributed by atoms with E-state index >= 15 is 0 Å². The number of unbranched alkanes of at least 4 members (excludes halogenated alkanes) is 29. The lowest BCUT2D eigenvalue weighted by Gasteiger charge is -2.41. The Morgan fingerprint density at radius 3 is 1.51 bits per heavy atom. The van der Waals surface area contributed by atoms with Crippen LogP contribution in [-0.4, -0.2) is 95.4 Å². The highest BCUT2D eigenvalue weighted by molar-refractivity contribution is 7.80. The van der Waals surface area contributed by atoms with Gasteiger partial charge in [-0.2, -0.15) is 8.42 Å². The first kappa shape index (κ1) is 59.6. The normalized spacial score (nSPS) is 20.5. The summed E-state index contributed by atoms with van der Waals surface area (Å²) >= 11 is 0. The van der Waals surface area contributed by atoms with Gasteiger partial charge >= 0.3 is 10.4 Å². The fourth-order valence-electron chi connectivity index (χ4n) is 8.27. The molecule has 0 saturated carbocycles. The van der Waals surface area contributed by atoms with Crippen LogP contribution in [0, 0.1) is 0 Å². The maximum absolute atomic E-state index is 13.1. The summed E-state index contributed by atoms with van der Waals surface area (Å²) in [4.78, 5) is 13.1. The van der Waals surface area contributed by atoms with E-state index in [1.54, 1.807) is 0 Å². The molecular weight excluding hydrogens is 823 g/mol. The van der Waals surface area contributed by atoms with E-state index in [4.69, 9.17) is 9.47 Å². The lowest BCUT2D eigenvalue weighted by Crippen LogP contribution is -2.61. The summed E-state index contributed by atoms with van der Waals surface area (Å²) in [5, 5.41) is 45.0. The van der Waals surface area contributed by atoms with Crippen molar-refractivity contribution < 1.29 is 51.8 Å². The highest BCUT2D eigenvalue weighted by Crippen LogP contribution is 2.26. The Balaban J connectivity index is 2.42. The van der Waals surface area contributed by atoms with Gasteiger partial charge in [-0.15, -0.1) is 0 Å². The zero-order chi connectivity index (χ0) is 46.2. The summed E-state index contributed by atoms with van der Waals surface area (Å²) in [5.41, 5.74) is 0. The second-order valence-corrected chi connectivity index (χ2v) is 19.2. The van der Waals surface area contributed by atoms with Crippen molar-refractivity contribution >= 4 is 16.3 Å². The number of rotatable bonds is 44. The van der Waals surface area contributed by atoms with Gasteiger partial charge in [0.15, 0.2) is 6.29 Å². The van der Waals surface area contributed by atoms with Crippen LogP contribution in [0.4, 0.5) is 0 Å². The highest BCUT2D eigenvalue weighted by atomic mass is 32.3. The van der Waals surface area contributed by atoms with Crippen molar-refractivity contribution in [1.82, 2.24) is 5.32 Å². The zero-order valence-corrected chi connectivity index (χ0v) is 40.7. The van der Waals surface area contributed by atoms with Crippen LogP contribution in [-0.2, 0) is 28.9 Å². The van der Waals surface area contributed by atoms with Crippen LogP contribution < -0.4 is 5.32 Å². The standard InChI is InChI=1S/C50H95NO11S/c1-3-5-7-9-11-13-15-17-19-20-21-22-23-24-26-27-29-31-33-35-37-39-44(53)43(42-60-50-48(56)49(62-63(57,58)59)47(55)45(41-52)61-50)51-46(54)40-38-36-34-32-30-28-25-18-16-14-12-10-8-6-4-2/h12,14,16,18,43-45,47-50,52-53,55-56H,3-11,13,15,17,19-42H2,1-2H3,(H,51,54)(H,57,58,59)/b14-12-,18-16-. The van der Waals surface area contributed by atoms with Crippen molar-refractivity contribution in [2.45, 2.75) is 275 Å². The summed E-state index contributed by atoms with van der Waals surface area (Å²) in [7, 11) is -5.08. The van der Waals surface area contributed by atoms with Crippen molar-refractivity contribution in [3.8, 4) is 0 Å². The van der Waals surface area contributed by atoms with Crippen LogP contribution in [0.3, 0.4) is 0 Å². The average molecular weight is 918 g/mol. The van der Waals surface area contributed by atoms with Gasteiger partial charge in [0, 0.05) is 6.42 Å². The van der Waals surface area contributed by atoms with Crippen LogP contribution in [0.25, 0.3) is 0 Å². The molecule has 6 N–H and O–H groups in total. The van der Waals surface area contributed by atoms with Crippen LogP contribution in [0.5, 0.6) is 0 Å². The van der Waals surface area contributed by atoms with E-state index < -0.39 is 59.9 Å². The number of carbonyl (C=O) groups excluding carboxylic acids is 1. The van der Waals surface area contributed by atoms with Gasteiger partial charge in [-0.25, -0.2) is 4.18 Å². The van der Waals surface area contributed by atoms with Gasteiger partial charge in [-0.05, 0) is 38.5 Å². The quantitative estimate of drug-likeness (QED) is 0.0194. The molecule has 7 unspecified atom stereocenters. The van der Waals surface area contributed by atoms with E-state index in [0.29, 0.717) is 12.8 Å². The molecule has 1 rings (SSSR count). The zero-order valence-electron chi connectivity index (χ0n) is 39.9. The van der Waals surface area contributed by atoms with Crippen molar-refractivity contribution in [1.29, 1.82) is 0 Å². The van der Waals surface area contributed by atoms with Crippen molar-refractivity contribution in [3.63, 3.8) is 0 Å². The number of aliphatic hydroxyl groups is 4. The number of ether oxygens (including phenoxy) is 2. The number of nitrogens with one attached hydrogen (secondary N) is 1. The SMILES string of the molecule is CCCCC/C=C\C=C/CCCCCCCCC(=O)NC(COC1OC(CO)C(O)C(OS(=O)(=O)O)C1O)C(O)CCCCCCCCCCCCCCCCCCCCCCC. The minimum Gasteiger partial charge on any atom is -0.394 e. The lowest BCUT2D eigenvalue weighted by molar-refractivity contribution is -0.298. The molecule has 0 aromatic carbocycles. The summed E-state index contributed by atoms with van der Waals surface area (Å²) in [6.07, 6.45) is 38.9. The van der Waals surface area contributed by atoms with E-state index in [-0.39, 0.29) is 18.9 Å². The summed E-state index contributed by atoms with van der Waals surface area (Å²) in [6.45, 7) is 3.43. The monoisotopic (exact) mass is 918 g/mol. The third kappa shape index (κ3) is 33.7. The van der Waals surface area contributed by atoms with Gasteiger partial charge in [0.1, 0.15) is 24.4 Å². The third-order valence-corrected chi connectivity index (χ3v) is 12.8. The minimum absolute atomic E-state index is 0.240. The van der Waals surface area contributed by atoms with E-state index in [1.165, 1.54) is 128 Å². The molecule has 12 nitrogen and oxygen atoms in total. The Hall–Kier alpha value is -1.42. The topological polar surface area (TPSA) is 192 Å². The molecule has 0 aliphatic carbocycles. The predicted molar refractivity (Wildman–Crippen MR) is 255 cm³/mol. The molecule has 63 heavy (non-hydrogen) atoms. The van der Waals surface area contributed by atoms with Crippen molar-refractivity contribution in [2.24, 2.45) is 0 Å². The molecule has 0 radical (unpaired) electrons. The molecule has 1 aliphatic rings. The van der Waals surface area contributed by atoms with E-state index in [2.05, 4.69) is 47.7 Å². The molecule has 372 valence electrons. The Kier molecular flexibility index (Phi) is 38.6. The van der Waals surface area contributed by atoms with E-state index in [9.17, 15) is 38.2 Å². The molecule has 1 aliphatic heterocycles. The molecule has 1 fully saturated rings. The van der Waals surface area contributed by atoms with Gasteiger partial charge in [0.05, 0.1) is 25.4 Å². The van der Waals surface area contributed by atoms with Gasteiger partial charge in [-0.3, -0.25) is 9.35 Å². The number of amides is 1. The molecule has 1 amide bonds. The number of carbonyl (C=O) groups is 1. The van der Waals surface area contributed by atoms with Crippen molar-refractivity contribution in [3.05, 3.63) is 24.3 Å². The smallest absolute Gasteiger partial charge is 0.394 e. The maximum atomic E-state index is 13.1. The van der Waals surface area contributed by atoms with Crippen LogP contribution in [0.2, 0.25) is 0 Å². The molecule has 0 aromatic heterocycles. The number of allylic oxidation sites excluding steroid dienone is 4. The van der Waals surface area contributed by atoms with Crippen LogP contribution >= 0.6 is 0 Å². The summed E-state index contributed by atoms with van der Waals surface area (Å²) in [5.74, 6) is -0.240. The largest absolute Gasteiger partial charge is 0.397 e. The Morgan fingerprint density at radius 1 is 0.635 bits per heavy atom. The summed E-state index contributed by atoms with van der Waals surface area (Å²) < 4.78 is 47.8. The Morgan fingerprint density at radius 2 is 1.05 bits per heavy atom. The molecular formula is C50H95NO11S. The molecule has 1 heterocycles. The van der Waals surface area contributed by atoms with E-state index in [0.717, 1.165) is 70.6 Å². The van der Waals surface area contributed by atoms with Gasteiger partial charge < -0.3 is 35.2 Å². The molecule has 1 saturated heterocycles. The van der Waals surface area contributed by atoms with Crippen LogP contribution in [0.15, 0.2) is 24.3 Å². The molecule has 0 bridgehead atoms. The van der Waals surface area contributed by atoms with Crippen LogP contribution in [0.1, 0.15) is 232 Å². The molecule has 0 aromatic rings.